The first-order valence-electron chi connectivity index (χ1n) is 5.59. The van der Waals surface area contributed by atoms with E-state index in [1.54, 1.807) is 11.8 Å². The van der Waals surface area contributed by atoms with E-state index in [0.717, 1.165) is 36.8 Å². The van der Waals surface area contributed by atoms with Gasteiger partial charge in [-0.15, -0.1) is 0 Å². The second kappa shape index (κ2) is 7.24. The van der Waals surface area contributed by atoms with Gasteiger partial charge < -0.3 is 15.0 Å². The quantitative estimate of drug-likeness (QED) is 0.601. The van der Waals surface area contributed by atoms with E-state index in [4.69, 9.17) is 17.0 Å². The smallest absolute Gasteiger partial charge is 0.168 e. The van der Waals surface area contributed by atoms with Gasteiger partial charge >= 0.3 is 0 Å². The third-order valence-electron chi connectivity index (χ3n) is 2.33. The molecule has 0 aliphatic heterocycles. The molecule has 5 nitrogen and oxygen atoms in total. The zero-order chi connectivity index (χ0) is 12.7. The number of ether oxygens (including phenoxy) is 1. The van der Waals surface area contributed by atoms with Crippen LogP contribution >= 0.6 is 12.2 Å². The van der Waals surface area contributed by atoms with Crippen LogP contribution in [-0.2, 0) is 18.3 Å². The number of hydrogen-bond donors (Lipinski definition) is 1. The van der Waals surface area contributed by atoms with Crippen LogP contribution in [0, 0.1) is 0 Å². The fourth-order valence-electron chi connectivity index (χ4n) is 1.45. The summed E-state index contributed by atoms with van der Waals surface area (Å²) in [6.07, 6.45) is 4.80. The van der Waals surface area contributed by atoms with Crippen LogP contribution < -0.4 is 5.32 Å². The fraction of sp³-hybridized carbons (Fsp3) is 0.636. The average molecular weight is 256 g/mol. The van der Waals surface area contributed by atoms with Crippen LogP contribution in [0.4, 0.5) is 0 Å². The molecule has 6 heteroatoms. The van der Waals surface area contributed by atoms with Gasteiger partial charge in [-0.25, -0.2) is 0 Å². The highest BCUT2D eigenvalue weighted by molar-refractivity contribution is 7.80. The molecule has 0 radical (unpaired) electrons. The average Bonchev–Trinajstić information content (AvgIpc) is 2.70. The molecule has 0 aliphatic rings. The maximum Gasteiger partial charge on any atom is 0.168 e. The van der Waals surface area contributed by atoms with Gasteiger partial charge in [-0.1, -0.05) is 0 Å². The highest BCUT2D eigenvalue weighted by Crippen LogP contribution is 2.01. The van der Waals surface area contributed by atoms with E-state index in [-0.39, 0.29) is 0 Å². The summed E-state index contributed by atoms with van der Waals surface area (Å²) in [5.74, 6) is 0. The molecule has 1 aromatic heterocycles. The lowest BCUT2D eigenvalue weighted by Gasteiger charge is -2.20. The Balaban J connectivity index is 2.27. The van der Waals surface area contributed by atoms with Crippen molar-refractivity contribution in [1.29, 1.82) is 0 Å². The van der Waals surface area contributed by atoms with Crippen molar-refractivity contribution >= 4 is 17.3 Å². The molecule has 0 spiro atoms. The van der Waals surface area contributed by atoms with E-state index in [1.807, 2.05) is 31.4 Å². The molecule has 1 aromatic rings. The summed E-state index contributed by atoms with van der Waals surface area (Å²) >= 11 is 5.28. The van der Waals surface area contributed by atoms with Crippen molar-refractivity contribution < 1.29 is 4.74 Å². The molecule has 1 rings (SSSR count). The molecule has 96 valence electrons. The van der Waals surface area contributed by atoms with Crippen molar-refractivity contribution in [2.24, 2.45) is 7.05 Å². The van der Waals surface area contributed by atoms with Crippen molar-refractivity contribution in [1.82, 2.24) is 20.0 Å². The van der Waals surface area contributed by atoms with Gasteiger partial charge in [0.1, 0.15) is 0 Å². The summed E-state index contributed by atoms with van der Waals surface area (Å²) in [7, 11) is 5.58. The molecule has 0 aliphatic carbocycles. The van der Waals surface area contributed by atoms with E-state index in [2.05, 4.69) is 10.4 Å². The van der Waals surface area contributed by atoms with Crippen LogP contribution in [-0.4, -0.2) is 47.1 Å². The second-order valence-electron chi connectivity index (χ2n) is 3.96. The van der Waals surface area contributed by atoms with Crippen molar-refractivity contribution in [2.75, 3.05) is 27.3 Å². The van der Waals surface area contributed by atoms with Crippen molar-refractivity contribution in [3.8, 4) is 0 Å². The Bertz CT molecular complexity index is 353. The summed E-state index contributed by atoms with van der Waals surface area (Å²) < 4.78 is 6.76. The minimum absolute atomic E-state index is 0.752. The lowest BCUT2D eigenvalue weighted by Crippen LogP contribution is -2.37. The lowest BCUT2D eigenvalue weighted by molar-refractivity contribution is 0.195. The predicted molar refractivity (Wildman–Crippen MR) is 71.8 cm³/mol. The summed E-state index contributed by atoms with van der Waals surface area (Å²) in [5, 5.41) is 8.07. The molecule has 1 heterocycles. The Morgan fingerprint density at radius 3 is 3.00 bits per heavy atom. The Kier molecular flexibility index (Phi) is 5.93. The number of nitrogens with one attached hydrogen (secondary N) is 1. The third kappa shape index (κ3) is 5.14. The summed E-state index contributed by atoms with van der Waals surface area (Å²) in [4.78, 5) is 2.00. The van der Waals surface area contributed by atoms with Gasteiger partial charge in [0.15, 0.2) is 5.11 Å². The molecule has 0 atom stereocenters. The molecule has 0 fully saturated rings. The number of thiocarbonyl (C=S) groups is 1. The van der Waals surface area contributed by atoms with Gasteiger partial charge in [0.2, 0.25) is 0 Å². The number of nitrogens with zero attached hydrogens (tertiary/aromatic N) is 3. The maximum atomic E-state index is 5.28. The minimum Gasteiger partial charge on any atom is -0.385 e. The van der Waals surface area contributed by atoms with Gasteiger partial charge in [-0.2, -0.15) is 5.10 Å². The van der Waals surface area contributed by atoms with Gasteiger partial charge in [0.05, 0.1) is 6.20 Å². The first-order valence-corrected chi connectivity index (χ1v) is 5.99. The van der Waals surface area contributed by atoms with Crippen LogP contribution in [0.3, 0.4) is 0 Å². The monoisotopic (exact) mass is 256 g/mol. The SMILES string of the molecule is COCCCNC(=S)N(C)Cc1cnn(C)c1. The Morgan fingerprint density at radius 2 is 2.41 bits per heavy atom. The van der Waals surface area contributed by atoms with Gasteiger partial charge in [0, 0.05) is 52.7 Å². The molecule has 0 unspecified atom stereocenters. The van der Waals surface area contributed by atoms with Crippen LogP contribution in [0.2, 0.25) is 0 Å². The van der Waals surface area contributed by atoms with Crippen LogP contribution in [0.15, 0.2) is 12.4 Å². The zero-order valence-electron chi connectivity index (χ0n) is 10.6. The van der Waals surface area contributed by atoms with Gasteiger partial charge in [-0.05, 0) is 18.6 Å². The highest BCUT2D eigenvalue weighted by atomic mass is 32.1. The van der Waals surface area contributed by atoms with Crippen molar-refractivity contribution in [3.63, 3.8) is 0 Å². The van der Waals surface area contributed by atoms with Crippen molar-refractivity contribution in [2.45, 2.75) is 13.0 Å². The maximum absolute atomic E-state index is 5.28. The first-order chi connectivity index (χ1) is 8.13. The fourth-order valence-corrected chi connectivity index (χ4v) is 1.61. The molecule has 0 bridgehead atoms. The molecule has 0 amide bonds. The Labute approximate surface area is 108 Å². The van der Waals surface area contributed by atoms with Crippen LogP contribution in [0.1, 0.15) is 12.0 Å². The third-order valence-corrected chi connectivity index (χ3v) is 2.78. The predicted octanol–water partition coefficient (Wildman–Crippen LogP) is 0.763. The number of aromatic nitrogens is 2. The topological polar surface area (TPSA) is 42.3 Å². The summed E-state index contributed by atoms with van der Waals surface area (Å²) in [6, 6.07) is 0. The molecule has 0 aromatic carbocycles. The number of aryl methyl sites for hydroxylation is 1. The van der Waals surface area contributed by atoms with Crippen molar-refractivity contribution in [3.05, 3.63) is 18.0 Å². The highest BCUT2D eigenvalue weighted by Gasteiger charge is 2.05. The van der Waals surface area contributed by atoms with Gasteiger partial charge in [-0.3, -0.25) is 4.68 Å². The van der Waals surface area contributed by atoms with E-state index in [0.29, 0.717) is 0 Å². The van der Waals surface area contributed by atoms with E-state index in [1.165, 1.54) is 0 Å². The minimum atomic E-state index is 0.752. The number of methoxy groups -OCH3 is 1. The number of hydrogen-bond acceptors (Lipinski definition) is 3. The molecule has 0 saturated carbocycles. The van der Waals surface area contributed by atoms with Crippen LogP contribution in [0.5, 0.6) is 0 Å². The molecular formula is C11H20N4OS. The normalized spacial score (nSPS) is 10.3. The standard InChI is InChI=1S/C11H20N4OS/c1-14(8-10-7-13-15(2)9-10)11(17)12-5-4-6-16-3/h7,9H,4-6,8H2,1-3H3,(H,12,17). The summed E-state index contributed by atoms with van der Waals surface area (Å²) in [5.41, 5.74) is 1.15. The number of rotatable bonds is 6. The molecule has 0 saturated heterocycles. The molecule has 17 heavy (non-hydrogen) atoms. The second-order valence-corrected chi connectivity index (χ2v) is 4.34. The Morgan fingerprint density at radius 1 is 1.65 bits per heavy atom. The zero-order valence-corrected chi connectivity index (χ0v) is 11.5. The lowest BCUT2D eigenvalue weighted by atomic mass is 10.3. The van der Waals surface area contributed by atoms with E-state index < -0.39 is 0 Å². The van der Waals surface area contributed by atoms with Gasteiger partial charge in [0.25, 0.3) is 0 Å². The molecular weight excluding hydrogens is 236 g/mol. The van der Waals surface area contributed by atoms with E-state index in [9.17, 15) is 0 Å². The van der Waals surface area contributed by atoms with E-state index >= 15 is 0 Å². The summed E-state index contributed by atoms with van der Waals surface area (Å²) in [6.45, 7) is 2.36. The molecule has 1 N–H and O–H groups in total. The van der Waals surface area contributed by atoms with Crippen LogP contribution in [0.25, 0.3) is 0 Å². The Hall–Kier alpha value is -1.14. The first kappa shape index (κ1) is 13.9. The largest absolute Gasteiger partial charge is 0.385 e.